The molecule has 0 atom stereocenters. The molecule has 0 aromatic heterocycles. The molecule has 0 unspecified atom stereocenters. The maximum Gasteiger partial charge on any atom is 0.277 e. The number of carbonyl (C=O) groups excluding carboxylic acids is 1. The third-order valence-electron chi connectivity index (χ3n) is 6.10. The second kappa shape index (κ2) is 8.75. The van der Waals surface area contributed by atoms with Crippen molar-refractivity contribution >= 4 is 23.7 Å². The lowest BCUT2D eigenvalue weighted by atomic mass is 9.99. The molecule has 1 saturated heterocycles. The van der Waals surface area contributed by atoms with Crippen molar-refractivity contribution in [1.82, 2.24) is 9.80 Å². The van der Waals surface area contributed by atoms with Gasteiger partial charge in [-0.2, -0.15) is 0 Å². The quantitative estimate of drug-likeness (QED) is 0.578. The Bertz CT molecular complexity index is 1130. The van der Waals surface area contributed by atoms with Crippen LogP contribution in [0.3, 0.4) is 0 Å². The molecule has 4 nitrogen and oxygen atoms in total. The molecule has 0 spiro atoms. The molecule has 2 aliphatic heterocycles. The zero-order valence-electron chi connectivity index (χ0n) is 17.3. The molecule has 5 rings (SSSR count). The van der Waals surface area contributed by atoms with Gasteiger partial charge < -0.3 is 0 Å². The summed E-state index contributed by atoms with van der Waals surface area (Å²) in [7, 11) is 0. The largest absolute Gasteiger partial charge is 0.297 e. The number of aliphatic imine (C=N–C) groups is 1. The third-order valence-corrected chi connectivity index (χ3v) is 6.36. The van der Waals surface area contributed by atoms with E-state index in [1.165, 1.54) is 22.3 Å². The van der Waals surface area contributed by atoms with Crippen LogP contribution >= 0.6 is 11.6 Å². The number of hydrogen-bond donors (Lipinski definition) is 0. The van der Waals surface area contributed by atoms with E-state index in [9.17, 15) is 4.79 Å². The predicted molar refractivity (Wildman–Crippen MR) is 126 cm³/mol. The molecule has 0 aliphatic carbocycles. The van der Waals surface area contributed by atoms with Crippen LogP contribution in [0.25, 0.3) is 11.1 Å². The highest BCUT2D eigenvalue weighted by Gasteiger charge is 2.20. The van der Waals surface area contributed by atoms with Crippen molar-refractivity contribution in [3.8, 4) is 11.1 Å². The van der Waals surface area contributed by atoms with Gasteiger partial charge in [0.25, 0.3) is 5.91 Å². The van der Waals surface area contributed by atoms with Crippen molar-refractivity contribution in [2.24, 2.45) is 4.99 Å². The van der Waals surface area contributed by atoms with Gasteiger partial charge in [0, 0.05) is 56.1 Å². The number of fused-ring (bicyclic) bond motifs is 1. The highest BCUT2D eigenvalue weighted by Crippen LogP contribution is 2.26. The Morgan fingerprint density at radius 2 is 1.52 bits per heavy atom. The van der Waals surface area contributed by atoms with Crippen LogP contribution in [-0.4, -0.2) is 48.1 Å². The Balaban J connectivity index is 1.21. The van der Waals surface area contributed by atoms with Gasteiger partial charge in [-0.1, -0.05) is 54.1 Å². The fourth-order valence-electron chi connectivity index (χ4n) is 4.38. The minimum absolute atomic E-state index is 0.131. The van der Waals surface area contributed by atoms with E-state index >= 15 is 0 Å². The molecular formula is C26H24ClN3O. The number of nitrogens with zero attached hydrogens (tertiary/aromatic N) is 3. The first-order chi connectivity index (χ1) is 15.2. The average molecular weight is 430 g/mol. The fourth-order valence-corrected chi connectivity index (χ4v) is 4.51. The van der Waals surface area contributed by atoms with Crippen LogP contribution in [0, 0.1) is 0 Å². The van der Waals surface area contributed by atoms with Crippen LogP contribution in [0.1, 0.15) is 27.0 Å². The molecule has 1 amide bonds. The summed E-state index contributed by atoms with van der Waals surface area (Å²) in [5.74, 6) is -0.131. The number of rotatable bonds is 5. The number of benzene rings is 3. The smallest absolute Gasteiger partial charge is 0.277 e. The summed E-state index contributed by atoms with van der Waals surface area (Å²) in [6.07, 6.45) is 1.68. The second-order valence-corrected chi connectivity index (χ2v) is 8.64. The predicted octanol–water partition coefficient (Wildman–Crippen LogP) is 4.90. The SMILES string of the molecule is O=C1N=Cc2cc(CN3CCN(Cc4ccccc4-c4ccc(Cl)cc4)CC3)ccc21. The zero-order chi connectivity index (χ0) is 21.2. The number of hydrogen-bond acceptors (Lipinski definition) is 3. The van der Waals surface area contributed by atoms with Gasteiger partial charge in [0.1, 0.15) is 0 Å². The van der Waals surface area contributed by atoms with Crippen LogP contribution < -0.4 is 0 Å². The van der Waals surface area contributed by atoms with Crippen molar-refractivity contribution in [2.45, 2.75) is 13.1 Å². The Labute approximate surface area is 187 Å². The van der Waals surface area contributed by atoms with Gasteiger partial charge >= 0.3 is 0 Å². The molecule has 5 heteroatoms. The van der Waals surface area contributed by atoms with Crippen molar-refractivity contribution in [1.29, 1.82) is 0 Å². The molecule has 1 fully saturated rings. The molecule has 31 heavy (non-hydrogen) atoms. The van der Waals surface area contributed by atoms with E-state index in [0.717, 1.165) is 49.9 Å². The molecule has 0 N–H and O–H groups in total. The Kier molecular flexibility index (Phi) is 5.68. The van der Waals surface area contributed by atoms with Crippen LogP contribution in [0.15, 0.2) is 71.7 Å². The number of amides is 1. The molecule has 2 heterocycles. The van der Waals surface area contributed by atoms with E-state index in [-0.39, 0.29) is 5.91 Å². The van der Waals surface area contributed by atoms with Crippen molar-refractivity contribution in [3.05, 3.63) is 94.0 Å². The molecule has 3 aromatic rings. The van der Waals surface area contributed by atoms with Crippen LogP contribution in [0.5, 0.6) is 0 Å². The van der Waals surface area contributed by atoms with Crippen molar-refractivity contribution in [3.63, 3.8) is 0 Å². The molecule has 2 aliphatic rings. The number of piperazine rings is 1. The van der Waals surface area contributed by atoms with E-state index < -0.39 is 0 Å². The first-order valence-electron chi connectivity index (χ1n) is 10.7. The van der Waals surface area contributed by atoms with E-state index in [1.807, 2.05) is 18.2 Å². The molecule has 0 saturated carbocycles. The highest BCUT2D eigenvalue weighted by atomic mass is 35.5. The van der Waals surface area contributed by atoms with E-state index in [1.54, 1.807) is 6.21 Å². The van der Waals surface area contributed by atoms with Gasteiger partial charge in [-0.05, 0) is 46.5 Å². The summed E-state index contributed by atoms with van der Waals surface area (Å²) in [6, 6.07) is 22.8. The lowest BCUT2D eigenvalue weighted by molar-refractivity contribution is 0.101. The maximum absolute atomic E-state index is 11.7. The normalized spacial score (nSPS) is 16.6. The van der Waals surface area contributed by atoms with Gasteiger partial charge in [-0.25, -0.2) is 4.99 Å². The van der Waals surface area contributed by atoms with Gasteiger partial charge in [0.15, 0.2) is 0 Å². The molecule has 3 aromatic carbocycles. The molecule has 156 valence electrons. The van der Waals surface area contributed by atoms with Crippen LogP contribution in [-0.2, 0) is 13.1 Å². The van der Waals surface area contributed by atoms with Gasteiger partial charge in [-0.3, -0.25) is 14.6 Å². The number of halogens is 1. The summed E-state index contributed by atoms with van der Waals surface area (Å²) in [5.41, 5.74) is 6.73. The number of carbonyl (C=O) groups is 1. The van der Waals surface area contributed by atoms with E-state index in [2.05, 4.69) is 63.3 Å². The van der Waals surface area contributed by atoms with Crippen molar-refractivity contribution < 1.29 is 4.79 Å². The summed E-state index contributed by atoms with van der Waals surface area (Å²) >= 11 is 6.07. The fraction of sp³-hybridized carbons (Fsp3) is 0.231. The lowest BCUT2D eigenvalue weighted by Gasteiger charge is -2.35. The second-order valence-electron chi connectivity index (χ2n) is 8.20. The summed E-state index contributed by atoms with van der Waals surface area (Å²) in [4.78, 5) is 20.6. The summed E-state index contributed by atoms with van der Waals surface area (Å²) in [5, 5.41) is 0.764. The molecular weight excluding hydrogens is 406 g/mol. The lowest BCUT2D eigenvalue weighted by Crippen LogP contribution is -2.45. The van der Waals surface area contributed by atoms with E-state index in [4.69, 9.17) is 11.6 Å². The minimum Gasteiger partial charge on any atom is -0.297 e. The van der Waals surface area contributed by atoms with Crippen LogP contribution in [0.2, 0.25) is 5.02 Å². The first-order valence-corrected chi connectivity index (χ1v) is 11.0. The maximum atomic E-state index is 11.7. The Morgan fingerprint density at radius 1 is 0.806 bits per heavy atom. The average Bonchev–Trinajstić information content (AvgIpc) is 3.16. The van der Waals surface area contributed by atoms with Gasteiger partial charge in [0.05, 0.1) is 5.56 Å². The topological polar surface area (TPSA) is 35.9 Å². The van der Waals surface area contributed by atoms with Crippen molar-refractivity contribution in [2.75, 3.05) is 26.2 Å². The van der Waals surface area contributed by atoms with Crippen LogP contribution in [0.4, 0.5) is 0 Å². The minimum atomic E-state index is -0.131. The molecule has 0 radical (unpaired) electrons. The Morgan fingerprint density at radius 3 is 2.29 bits per heavy atom. The zero-order valence-corrected chi connectivity index (χ0v) is 18.1. The van der Waals surface area contributed by atoms with Gasteiger partial charge in [-0.15, -0.1) is 0 Å². The monoisotopic (exact) mass is 429 g/mol. The van der Waals surface area contributed by atoms with E-state index in [0.29, 0.717) is 5.56 Å². The standard InChI is InChI=1S/C26H24ClN3O/c27-23-8-6-20(7-9-23)24-4-2-1-3-21(24)18-30-13-11-29(12-14-30)17-19-5-10-25-22(15-19)16-28-26(25)31/h1-10,15-16H,11-14,17-18H2. The van der Waals surface area contributed by atoms with Gasteiger partial charge in [0.2, 0.25) is 0 Å². The summed E-state index contributed by atoms with van der Waals surface area (Å²) < 4.78 is 0. The molecule has 0 bridgehead atoms. The first kappa shape index (κ1) is 20.1. The third kappa shape index (κ3) is 4.47. The highest BCUT2D eigenvalue weighted by molar-refractivity contribution is 6.30. The summed E-state index contributed by atoms with van der Waals surface area (Å²) in [6.45, 7) is 6.01. The Hall–Kier alpha value is -2.79.